The zero-order chi connectivity index (χ0) is 19.4. The van der Waals surface area contributed by atoms with Gasteiger partial charge in [0.25, 0.3) is 0 Å². The second-order valence-electron chi connectivity index (χ2n) is 7.95. The number of carbonyl (C=O) groups is 2. The molecule has 3 rings (SSSR count). The highest BCUT2D eigenvalue weighted by Gasteiger charge is 2.47. The molecular weight excluding hydrogens is 342 g/mol. The van der Waals surface area contributed by atoms with E-state index in [1.54, 1.807) is 0 Å². The number of carbonyl (C=O) groups excluding carboxylic acids is 2. The monoisotopic (exact) mass is 373 g/mol. The first kappa shape index (κ1) is 19.7. The van der Waals surface area contributed by atoms with Crippen LogP contribution in [-0.2, 0) is 9.53 Å². The zero-order valence-electron chi connectivity index (χ0n) is 16.7. The SMILES string of the molecule is CCN(C)CC(=O)N1CCC2(CC1)CN(C[C@H](C)c1ccccc1)C(=O)O2. The summed E-state index contributed by atoms with van der Waals surface area (Å²) in [6, 6.07) is 10.2. The van der Waals surface area contributed by atoms with Crippen LogP contribution in [-0.4, -0.2) is 78.6 Å². The van der Waals surface area contributed by atoms with Crippen molar-refractivity contribution in [3.8, 4) is 0 Å². The number of rotatable bonds is 6. The quantitative estimate of drug-likeness (QED) is 0.769. The van der Waals surface area contributed by atoms with Gasteiger partial charge in [-0.25, -0.2) is 4.79 Å². The van der Waals surface area contributed by atoms with Gasteiger partial charge in [-0.05, 0) is 25.1 Å². The van der Waals surface area contributed by atoms with Crippen LogP contribution in [0.25, 0.3) is 0 Å². The van der Waals surface area contributed by atoms with Gasteiger partial charge in [0.15, 0.2) is 0 Å². The Hall–Kier alpha value is -2.08. The van der Waals surface area contributed by atoms with Crippen molar-refractivity contribution in [1.29, 1.82) is 0 Å². The van der Waals surface area contributed by atoms with Crippen LogP contribution < -0.4 is 0 Å². The molecule has 2 aliphatic rings. The van der Waals surface area contributed by atoms with E-state index in [0.29, 0.717) is 32.7 Å². The Labute approximate surface area is 162 Å². The molecule has 6 nitrogen and oxygen atoms in total. The molecule has 27 heavy (non-hydrogen) atoms. The number of piperidine rings is 1. The summed E-state index contributed by atoms with van der Waals surface area (Å²) in [6.07, 6.45) is 1.22. The van der Waals surface area contributed by atoms with Crippen LogP contribution >= 0.6 is 0 Å². The standard InChI is InChI=1S/C21H31N3O3/c1-4-22(3)15-19(25)23-12-10-21(11-13-23)16-24(20(26)27-21)14-17(2)18-8-6-5-7-9-18/h5-9,17H,4,10-16H2,1-3H3/t17-/m0/s1. The van der Waals surface area contributed by atoms with Gasteiger partial charge in [-0.1, -0.05) is 44.2 Å². The van der Waals surface area contributed by atoms with Gasteiger partial charge in [0.1, 0.15) is 5.60 Å². The molecule has 148 valence electrons. The molecule has 2 heterocycles. The Morgan fingerprint density at radius 3 is 2.56 bits per heavy atom. The lowest BCUT2D eigenvalue weighted by Crippen LogP contribution is -2.50. The summed E-state index contributed by atoms with van der Waals surface area (Å²) in [6.45, 7) is 8.09. The molecule has 2 saturated heterocycles. The number of likely N-dealkylation sites (tertiary alicyclic amines) is 1. The van der Waals surface area contributed by atoms with Crippen LogP contribution in [0.1, 0.15) is 38.2 Å². The lowest BCUT2D eigenvalue weighted by molar-refractivity contribution is -0.135. The number of hydrogen-bond donors (Lipinski definition) is 0. The number of likely N-dealkylation sites (N-methyl/N-ethyl adjacent to an activating group) is 1. The fourth-order valence-electron chi connectivity index (χ4n) is 3.92. The smallest absolute Gasteiger partial charge is 0.410 e. The minimum atomic E-state index is -0.430. The van der Waals surface area contributed by atoms with Gasteiger partial charge in [0.05, 0.1) is 13.1 Å². The number of nitrogens with zero attached hydrogens (tertiary/aromatic N) is 3. The molecule has 1 aromatic carbocycles. The average molecular weight is 373 g/mol. The molecule has 2 aliphatic heterocycles. The molecule has 2 fully saturated rings. The Morgan fingerprint density at radius 2 is 1.93 bits per heavy atom. The Bertz CT molecular complexity index is 656. The van der Waals surface area contributed by atoms with Crippen molar-refractivity contribution in [2.24, 2.45) is 0 Å². The highest BCUT2D eigenvalue weighted by molar-refractivity contribution is 5.78. The molecule has 0 saturated carbocycles. The summed E-state index contributed by atoms with van der Waals surface area (Å²) < 4.78 is 5.81. The van der Waals surface area contributed by atoms with Gasteiger partial charge in [0, 0.05) is 32.5 Å². The fraction of sp³-hybridized carbons (Fsp3) is 0.619. The van der Waals surface area contributed by atoms with Gasteiger partial charge >= 0.3 is 6.09 Å². The van der Waals surface area contributed by atoms with Crippen LogP contribution in [0.4, 0.5) is 4.79 Å². The number of amides is 2. The predicted molar refractivity (Wildman–Crippen MR) is 105 cm³/mol. The summed E-state index contributed by atoms with van der Waals surface area (Å²) in [5.74, 6) is 0.424. The first-order valence-electron chi connectivity index (χ1n) is 9.91. The van der Waals surface area contributed by atoms with Crippen molar-refractivity contribution < 1.29 is 14.3 Å². The molecule has 1 atom stereocenters. The first-order chi connectivity index (χ1) is 12.9. The second-order valence-corrected chi connectivity index (χ2v) is 7.95. The minimum Gasteiger partial charge on any atom is -0.441 e. The predicted octanol–water partition coefficient (Wildman–Crippen LogP) is 2.56. The van der Waals surface area contributed by atoms with E-state index in [4.69, 9.17) is 4.74 Å². The molecule has 0 aliphatic carbocycles. The van der Waals surface area contributed by atoms with Crippen molar-refractivity contribution in [3.05, 3.63) is 35.9 Å². The molecule has 0 N–H and O–H groups in total. The van der Waals surface area contributed by atoms with Crippen LogP contribution in [0.15, 0.2) is 30.3 Å². The topological polar surface area (TPSA) is 53.1 Å². The van der Waals surface area contributed by atoms with E-state index in [1.807, 2.05) is 46.9 Å². The van der Waals surface area contributed by atoms with Crippen molar-refractivity contribution >= 4 is 12.0 Å². The van der Waals surface area contributed by atoms with E-state index >= 15 is 0 Å². The third-order valence-electron chi connectivity index (χ3n) is 5.88. The largest absolute Gasteiger partial charge is 0.441 e. The lowest BCUT2D eigenvalue weighted by atomic mass is 9.91. The van der Waals surface area contributed by atoms with Crippen LogP contribution in [0.3, 0.4) is 0 Å². The third kappa shape index (κ3) is 4.61. The molecule has 0 bridgehead atoms. The van der Waals surface area contributed by atoms with Gasteiger partial charge in [-0.2, -0.15) is 0 Å². The van der Waals surface area contributed by atoms with E-state index < -0.39 is 5.60 Å². The first-order valence-corrected chi connectivity index (χ1v) is 9.91. The summed E-state index contributed by atoms with van der Waals surface area (Å²) in [5.41, 5.74) is 0.799. The van der Waals surface area contributed by atoms with E-state index in [1.165, 1.54) is 5.56 Å². The van der Waals surface area contributed by atoms with Gasteiger partial charge < -0.3 is 14.5 Å². The van der Waals surface area contributed by atoms with Crippen molar-refractivity contribution in [3.63, 3.8) is 0 Å². The normalized spacial score (nSPS) is 20.2. The summed E-state index contributed by atoms with van der Waals surface area (Å²) in [7, 11) is 1.95. The number of ether oxygens (including phenoxy) is 1. The van der Waals surface area contributed by atoms with E-state index in [0.717, 1.165) is 19.4 Å². The van der Waals surface area contributed by atoms with Crippen molar-refractivity contribution in [2.75, 3.05) is 46.3 Å². The number of benzene rings is 1. The van der Waals surface area contributed by atoms with Gasteiger partial charge in [-0.3, -0.25) is 9.69 Å². The molecule has 0 unspecified atom stereocenters. The lowest BCUT2D eigenvalue weighted by Gasteiger charge is -2.38. The van der Waals surface area contributed by atoms with Crippen molar-refractivity contribution in [1.82, 2.24) is 14.7 Å². The summed E-state index contributed by atoms with van der Waals surface area (Å²) in [4.78, 5) is 30.5. The molecule has 1 spiro atoms. The molecule has 0 aromatic heterocycles. The van der Waals surface area contributed by atoms with Crippen LogP contribution in [0.5, 0.6) is 0 Å². The highest BCUT2D eigenvalue weighted by atomic mass is 16.6. The van der Waals surface area contributed by atoms with Crippen molar-refractivity contribution in [2.45, 2.75) is 38.2 Å². The highest BCUT2D eigenvalue weighted by Crippen LogP contribution is 2.34. The summed E-state index contributed by atoms with van der Waals surface area (Å²) in [5, 5.41) is 0. The summed E-state index contributed by atoms with van der Waals surface area (Å²) >= 11 is 0. The molecule has 1 aromatic rings. The Kier molecular flexibility index (Phi) is 6.05. The minimum absolute atomic E-state index is 0.160. The van der Waals surface area contributed by atoms with E-state index in [9.17, 15) is 9.59 Å². The Balaban J connectivity index is 1.54. The number of hydrogen-bond acceptors (Lipinski definition) is 4. The van der Waals surface area contributed by atoms with Crippen LogP contribution in [0.2, 0.25) is 0 Å². The van der Waals surface area contributed by atoms with Gasteiger partial charge in [-0.15, -0.1) is 0 Å². The maximum absolute atomic E-state index is 12.4. The average Bonchev–Trinajstić information content (AvgIpc) is 2.97. The molecule has 0 radical (unpaired) electrons. The molecule has 2 amide bonds. The van der Waals surface area contributed by atoms with Gasteiger partial charge in [0.2, 0.25) is 5.91 Å². The second kappa shape index (κ2) is 8.30. The zero-order valence-corrected chi connectivity index (χ0v) is 16.7. The maximum Gasteiger partial charge on any atom is 0.410 e. The van der Waals surface area contributed by atoms with E-state index in [-0.39, 0.29) is 17.9 Å². The molecular formula is C21H31N3O3. The third-order valence-corrected chi connectivity index (χ3v) is 5.88. The Morgan fingerprint density at radius 1 is 1.26 bits per heavy atom. The fourth-order valence-corrected chi connectivity index (χ4v) is 3.92. The van der Waals surface area contributed by atoms with E-state index in [2.05, 4.69) is 19.1 Å². The van der Waals surface area contributed by atoms with Crippen LogP contribution in [0, 0.1) is 0 Å². The molecule has 6 heteroatoms. The maximum atomic E-state index is 12.4.